The normalized spacial score (nSPS) is 16.8. The summed E-state index contributed by atoms with van der Waals surface area (Å²) < 4.78 is 3.22. The molecule has 35 heavy (non-hydrogen) atoms. The van der Waals surface area contributed by atoms with Gasteiger partial charge in [0.1, 0.15) is 0 Å². The van der Waals surface area contributed by atoms with Crippen molar-refractivity contribution in [3.05, 3.63) is 59.3 Å². The summed E-state index contributed by atoms with van der Waals surface area (Å²) in [6.07, 6.45) is 9.59. The molecule has 0 bridgehead atoms. The molecular formula is C28H33N5OS. The number of carbonyl (C=O) groups is 1. The molecule has 182 valence electrons. The smallest absolute Gasteiger partial charge is 0.251 e. The summed E-state index contributed by atoms with van der Waals surface area (Å²) in [6.45, 7) is 4.78. The Kier molecular flexibility index (Phi) is 6.31. The van der Waals surface area contributed by atoms with Gasteiger partial charge in [0, 0.05) is 30.4 Å². The fraction of sp³-hybridized carbons (Fsp3) is 0.429. The summed E-state index contributed by atoms with van der Waals surface area (Å²) in [5, 5.41) is 3.10. The monoisotopic (exact) mass is 487 g/mol. The van der Waals surface area contributed by atoms with Gasteiger partial charge in [0.2, 0.25) is 0 Å². The minimum atomic E-state index is 0.00451. The summed E-state index contributed by atoms with van der Waals surface area (Å²) in [6, 6.07) is 12.5. The SMILES string of the molecule is NCc1ccc(-c2cn3c(n2)sc2cc(C(=O)NCCCN4CCCCC4)ccc23)cc1C1CC1. The first-order valence-corrected chi connectivity index (χ1v) is 13.8. The fourth-order valence-electron chi connectivity index (χ4n) is 5.29. The zero-order valence-corrected chi connectivity index (χ0v) is 20.9. The number of amides is 1. The van der Waals surface area contributed by atoms with Crippen molar-refractivity contribution in [1.82, 2.24) is 19.6 Å². The Morgan fingerprint density at radius 3 is 2.77 bits per heavy atom. The maximum atomic E-state index is 12.7. The molecule has 3 N–H and O–H groups in total. The molecule has 1 saturated carbocycles. The van der Waals surface area contributed by atoms with E-state index in [1.54, 1.807) is 11.3 Å². The van der Waals surface area contributed by atoms with Gasteiger partial charge < -0.3 is 16.0 Å². The van der Waals surface area contributed by atoms with Crippen LogP contribution in [-0.4, -0.2) is 46.4 Å². The molecular weight excluding hydrogens is 454 g/mol. The van der Waals surface area contributed by atoms with Crippen LogP contribution in [0.4, 0.5) is 0 Å². The Labute approximate surface area is 210 Å². The van der Waals surface area contributed by atoms with E-state index in [0.717, 1.165) is 45.9 Å². The first-order valence-electron chi connectivity index (χ1n) is 12.9. The Morgan fingerprint density at radius 1 is 1.11 bits per heavy atom. The molecule has 7 heteroatoms. The van der Waals surface area contributed by atoms with Crippen LogP contribution in [0, 0.1) is 0 Å². The number of thiazole rings is 1. The molecule has 3 heterocycles. The number of likely N-dealkylation sites (tertiary alicyclic amines) is 1. The minimum Gasteiger partial charge on any atom is -0.352 e. The molecule has 1 saturated heterocycles. The number of rotatable bonds is 8. The number of carbonyl (C=O) groups excluding carboxylic acids is 1. The Hall–Kier alpha value is -2.74. The number of hydrogen-bond acceptors (Lipinski definition) is 5. The van der Waals surface area contributed by atoms with E-state index in [1.165, 1.54) is 56.3 Å². The van der Waals surface area contributed by atoms with Crippen molar-refractivity contribution < 1.29 is 4.79 Å². The highest BCUT2D eigenvalue weighted by Crippen LogP contribution is 2.43. The van der Waals surface area contributed by atoms with E-state index < -0.39 is 0 Å². The van der Waals surface area contributed by atoms with Crippen molar-refractivity contribution >= 4 is 32.4 Å². The quantitative estimate of drug-likeness (QED) is 0.337. The lowest BCUT2D eigenvalue weighted by molar-refractivity contribution is 0.0951. The number of hydrogen-bond donors (Lipinski definition) is 2. The van der Waals surface area contributed by atoms with Gasteiger partial charge in [-0.2, -0.15) is 0 Å². The highest BCUT2D eigenvalue weighted by molar-refractivity contribution is 7.23. The number of aromatic nitrogens is 2. The number of nitrogens with zero attached hydrogens (tertiary/aromatic N) is 3. The second-order valence-electron chi connectivity index (χ2n) is 9.97. The van der Waals surface area contributed by atoms with E-state index in [4.69, 9.17) is 10.7 Å². The third kappa shape index (κ3) is 4.73. The molecule has 0 atom stereocenters. The fourth-order valence-corrected chi connectivity index (χ4v) is 6.33. The molecule has 0 radical (unpaired) electrons. The van der Waals surface area contributed by atoms with Crippen LogP contribution >= 0.6 is 11.3 Å². The van der Waals surface area contributed by atoms with Gasteiger partial charge in [-0.05, 0) is 93.0 Å². The lowest BCUT2D eigenvalue weighted by Gasteiger charge is -2.26. The average molecular weight is 488 g/mol. The van der Waals surface area contributed by atoms with E-state index in [2.05, 4.69) is 39.0 Å². The Bertz CT molecular complexity index is 1360. The van der Waals surface area contributed by atoms with Crippen molar-refractivity contribution in [3.63, 3.8) is 0 Å². The number of fused-ring (bicyclic) bond motifs is 3. The number of piperidine rings is 1. The second-order valence-corrected chi connectivity index (χ2v) is 11.0. The highest BCUT2D eigenvalue weighted by atomic mass is 32.1. The van der Waals surface area contributed by atoms with Gasteiger partial charge in [-0.1, -0.05) is 29.9 Å². The van der Waals surface area contributed by atoms with Gasteiger partial charge in [0.25, 0.3) is 5.91 Å². The molecule has 2 aromatic carbocycles. The lowest BCUT2D eigenvalue weighted by atomic mass is 9.99. The standard InChI is InChI=1S/C28H33N5OS/c29-17-22-8-7-20(15-23(22)19-5-6-19)24-18-33-25-10-9-21(16-26(25)35-28(33)31-24)27(34)30-11-4-14-32-12-2-1-3-13-32/h7-10,15-16,18-19H,1-6,11-14,17,29H2,(H,30,34). The van der Waals surface area contributed by atoms with Crippen LogP contribution in [0.3, 0.4) is 0 Å². The number of nitrogens with two attached hydrogens (primary N) is 1. The van der Waals surface area contributed by atoms with Crippen LogP contribution in [0.15, 0.2) is 42.6 Å². The lowest BCUT2D eigenvalue weighted by Crippen LogP contribution is -2.33. The number of imidazole rings is 1. The van der Waals surface area contributed by atoms with Crippen LogP contribution in [0.5, 0.6) is 0 Å². The maximum absolute atomic E-state index is 12.7. The molecule has 2 aromatic heterocycles. The topological polar surface area (TPSA) is 75.7 Å². The van der Waals surface area contributed by atoms with Gasteiger partial charge in [-0.15, -0.1) is 0 Å². The van der Waals surface area contributed by atoms with Crippen LogP contribution < -0.4 is 11.1 Å². The first-order chi connectivity index (χ1) is 17.2. The second kappa shape index (κ2) is 9.72. The molecule has 1 aliphatic carbocycles. The molecule has 2 fully saturated rings. The molecule has 0 unspecified atom stereocenters. The van der Waals surface area contributed by atoms with E-state index >= 15 is 0 Å². The Balaban J connectivity index is 1.16. The van der Waals surface area contributed by atoms with E-state index in [0.29, 0.717) is 18.0 Å². The number of benzene rings is 2. The van der Waals surface area contributed by atoms with E-state index in [-0.39, 0.29) is 5.91 Å². The predicted molar refractivity (Wildman–Crippen MR) is 143 cm³/mol. The summed E-state index contributed by atoms with van der Waals surface area (Å²) in [4.78, 5) is 21.1. The number of nitrogens with one attached hydrogen (secondary N) is 1. The predicted octanol–water partition coefficient (Wildman–Crippen LogP) is 5.16. The molecule has 2 aliphatic rings. The third-order valence-corrected chi connectivity index (χ3v) is 8.44. The summed E-state index contributed by atoms with van der Waals surface area (Å²) in [5.41, 5.74) is 12.5. The maximum Gasteiger partial charge on any atom is 0.251 e. The van der Waals surface area contributed by atoms with Crippen molar-refractivity contribution in [2.24, 2.45) is 5.73 Å². The Morgan fingerprint density at radius 2 is 1.97 bits per heavy atom. The zero-order chi connectivity index (χ0) is 23.8. The van der Waals surface area contributed by atoms with Gasteiger partial charge >= 0.3 is 0 Å². The molecule has 6 rings (SSSR count). The third-order valence-electron chi connectivity index (χ3n) is 7.42. The summed E-state index contributed by atoms with van der Waals surface area (Å²) in [5.74, 6) is 0.664. The van der Waals surface area contributed by atoms with Crippen molar-refractivity contribution in [2.45, 2.75) is 51.0 Å². The minimum absolute atomic E-state index is 0.00451. The van der Waals surface area contributed by atoms with E-state index in [1.807, 2.05) is 18.2 Å². The van der Waals surface area contributed by atoms with Gasteiger partial charge in [0.05, 0.1) is 15.9 Å². The summed E-state index contributed by atoms with van der Waals surface area (Å²) >= 11 is 1.63. The summed E-state index contributed by atoms with van der Waals surface area (Å²) in [7, 11) is 0. The molecule has 1 amide bonds. The highest BCUT2D eigenvalue weighted by Gasteiger charge is 2.26. The zero-order valence-electron chi connectivity index (χ0n) is 20.1. The van der Waals surface area contributed by atoms with Crippen LogP contribution in [0.25, 0.3) is 26.4 Å². The molecule has 6 nitrogen and oxygen atoms in total. The first kappa shape index (κ1) is 22.7. The van der Waals surface area contributed by atoms with Gasteiger partial charge in [-0.3, -0.25) is 9.20 Å². The van der Waals surface area contributed by atoms with Crippen LogP contribution in [0.2, 0.25) is 0 Å². The largest absolute Gasteiger partial charge is 0.352 e. The molecule has 0 spiro atoms. The van der Waals surface area contributed by atoms with Crippen LogP contribution in [0.1, 0.15) is 65.9 Å². The van der Waals surface area contributed by atoms with Crippen LogP contribution in [-0.2, 0) is 6.54 Å². The molecule has 1 aliphatic heterocycles. The van der Waals surface area contributed by atoms with Gasteiger partial charge in [0.15, 0.2) is 4.96 Å². The van der Waals surface area contributed by atoms with E-state index in [9.17, 15) is 4.79 Å². The van der Waals surface area contributed by atoms with Gasteiger partial charge in [-0.25, -0.2) is 4.98 Å². The molecule has 4 aromatic rings. The van der Waals surface area contributed by atoms with Crippen molar-refractivity contribution in [2.75, 3.05) is 26.2 Å². The average Bonchev–Trinajstić information content (AvgIpc) is 3.57. The van der Waals surface area contributed by atoms with Crippen molar-refractivity contribution in [1.29, 1.82) is 0 Å². The van der Waals surface area contributed by atoms with Crippen molar-refractivity contribution in [3.8, 4) is 11.3 Å².